The predicted molar refractivity (Wildman–Crippen MR) is 463 cm³/mol. The second-order valence-corrected chi connectivity index (χ2v) is 33.7. The van der Waals surface area contributed by atoms with Gasteiger partial charge in [-0.2, -0.15) is 0 Å². The summed E-state index contributed by atoms with van der Waals surface area (Å²) >= 11 is 0. The molecule has 16 amide bonds. The molecule has 0 aliphatic rings. The molecule has 59 nitrogen and oxygen atoms in total. The maximum atomic E-state index is 12.9. The topological polar surface area (TPSA) is 969 Å². The number of nitrogens with one attached hydrogen (secondary N) is 15. The second-order valence-electron chi connectivity index (χ2n) is 30.2. The van der Waals surface area contributed by atoms with Crippen molar-refractivity contribution < 1.29 is 212 Å². The minimum absolute atomic E-state index is 0.221. The van der Waals surface area contributed by atoms with Crippen LogP contribution >= 0.6 is 0 Å². The summed E-state index contributed by atoms with van der Waals surface area (Å²) in [6, 6.07) is -9.44. The molecule has 0 heterocycles. The number of hydrogen-bond donors (Lipinski definition) is 27. The number of carbonyl (C=O) groups is 28. The Morgan fingerprint density at radius 1 is 0.254 bits per heavy atom. The number of hydrogen-bond acceptors (Lipinski definition) is 32. The summed E-state index contributed by atoms with van der Waals surface area (Å²) in [5.74, 6) is -33.2. The zero-order valence-electron chi connectivity index (χ0n) is 76.7. The molecular formula is C77H117N15O44S2. The standard InChI is InChI=1S/3C20H30N4O12.C11H13NO2.2C3H7NO3S/c3*1-8(2)16(19(34)23-12(20(35)36)7-15(30)31)24-17(32)10(4-5-13(26)27)22-18(33)11(6-14(28)29)21-9(3)25;1-9(13)12-11(14)8-7-10-5-3-2-4-6-10;2*1-3(5)4-8(2,6)7/h3*8,10-12,16H,4-7H2,1-3H3,(H,21,25)(H,22,33)(H,23,34)(H,24,32)(H,26,27)(H,28,29)(H,30,31)(H,35,36);2-6H,7-8H2,1H3,(H,12,13,14);2*1-2H3,(H,4,5)/t3*10-,11-,12-,16-;;;/m000.../s1. The van der Waals surface area contributed by atoms with Crippen LogP contribution in [-0.2, 0) is 161 Å². The predicted octanol–water partition coefficient (Wildman–Crippen LogP) is -8.05. The van der Waals surface area contributed by atoms with Crippen molar-refractivity contribution in [1.29, 1.82) is 0 Å². The first kappa shape index (κ1) is 131. The molecule has 0 unspecified atom stereocenters. The van der Waals surface area contributed by atoms with E-state index in [1.165, 1.54) is 48.5 Å². The van der Waals surface area contributed by atoms with Crippen LogP contribution in [0.15, 0.2) is 30.3 Å². The van der Waals surface area contributed by atoms with Crippen LogP contribution in [0.3, 0.4) is 0 Å². The molecule has 61 heteroatoms. The zero-order valence-corrected chi connectivity index (χ0v) is 78.3. The molecule has 0 aromatic heterocycles. The molecule has 776 valence electrons. The van der Waals surface area contributed by atoms with Crippen molar-refractivity contribution >= 4 is 186 Å². The monoisotopic (exact) mass is 2020 g/mol. The van der Waals surface area contributed by atoms with Gasteiger partial charge in [0.2, 0.25) is 115 Å². The minimum atomic E-state index is -3.32. The van der Waals surface area contributed by atoms with E-state index in [1.807, 2.05) is 46.3 Å². The van der Waals surface area contributed by atoms with Crippen molar-refractivity contribution in [2.45, 2.75) is 245 Å². The van der Waals surface area contributed by atoms with Gasteiger partial charge < -0.3 is 125 Å². The van der Waals surface area contributed by atoms with Gasteiger partial charge in [0.1, 0.15) is 72.5 Å². The van der Waals surface area contributed by atoms with E-state index in [9.17, 15) is 151 Å². The second kappa shape index (κ2) is 66.8. The average Bonchev–Trinajstić information content (AvgIpc) is 0.858. The van der Waals surface area contributed by atoms with Crippen LogP contribution < -0.4 is 78.6 Å². The fraction of sp³-hybridized carbons (Fsp3) is 0.558. The van der Waals surface area contributed by atoms with Crippen molar-refractivity contribution in [3.63, 3.8) is 0 Å². The lowest BCUT2D eigenvalue weighted by atomic mass is 10.0. The van der Waals surface area contributed by atoms with Crippen LogP contribution in [0.4, 0.5) is 0 Å². The summed E-state index contributed by atoms with van der Waals surface area (Å²) in [6.45, 7) is 15.5. The SMILES string of the molecule is CC(=O)NC(=O)CCc1ccccc1.CC(=O)NS(C)(=O)=O.CC(=O)NS(C)(=O)=O.CC(=O)N[C@@H](CC(=O)O)C(=O)N[C@@H](CCC(=O)O)C(=O)N[C@H](C(=O)N[C@@H](CC(=O)O)C(=O)O)C(C)C.CC(=O)N[C@@H](CC(=O)O)C(=O)N[C@@H](CCC(=O)O)C(=O)N[C@H](C(=O)N[C@@H](CC(=O)O)C(=O)O)C(C)C.CC(=O)N[C@@H](CC(=O)O)C(=O)N[C@@H](CCC(=O)O)C(=O)N[C@H](C(=O)N[C@@H](CC(=O)O)C(=O)O)C(C)C. The van der Waals surface area contributed by atoms with Gasteiger partial charge in [0.05, 0.1) is 51.0 Å². The third kappa shape index (κ3) is 68.5. The van der Waals surface area contributed by atoms with E-state index in [0.29, 0.717) is 12.8 Å². The largest absolute Gasteiger partial charge is 0.481 e. The molecule has 0 aliphatic carbocycles. The highest BCUT2D eigenvalue weighted by molar-refractivity contribution is 7.89. The van der Waals surface area contributed by atoms with Gasteiger partial charge in [0.15, 0.2) is 0 Å². The Kier molecular flexibility index (Phi) is 63.4. The van der Waals surface area contributed by atoms with Crippen molar-refractivity contribution in [3.8, 4) is 0 Å². The Morgan fingerprint density at radius 2 is 0.464 bits per heavy atom. The number of rotatable bonds is 53. The van der Waals surface area contributed by atoms with Crippen molar-refractivity contribution in [1.82, 2.24) is 78.6 Å². The number of sulfonamides is 2. The molecule has 1 aromatic rings. The van der Waals surface area contributed by atoms with E-state index >= 15 is 0 Å². The molecule has 0 spiro atoms. The maximum absolute atomic E-state index is 12.9. The Bertz CT molecular complexity index is 4330. The first-order chi connectivity index (χ1) is 63.1. The highest BCUT2D eigenvalue weighted by Gasteiger charge is 2.39. The molecule has 12 atom stereocenters. The fourth-order valence-electron chi connectivity index (χ4n) is 10.3. The number of carboxylic acid groups (broad SMARTS) is 12. The van der Waals surface area contributed by atoms with Crippen molar-refractivity contribution in [3.05, 3.63) is 35.9 Å². The number of imide groups is 1. The van der Waals surface area contributed by atoms with Crippen LogP contribution in [0.2, 0.25) is 0 Å². The number of carboxylic acids is 12. The molecule has 0 saturated heterocycles. The summed E-state index contributed by atoms with van der Waals surface area (Å²) < 4.78 is 43.9. The van der Waals surface area contributed by atoms with Gasteiger partial charge in [-0.25, -0.2) is 31.2 Å². The Labute approximate surface area is 785 Å². The fourth-order valence-corrected chi connectivity index (χ4v) is 11.3. The van der Waals surface area contributed by atoms with Crippen LogP contribution in [0.5, 0.6) is 0 Å². The molecule has 1 aromatic carbocycles. The van der Waals surface area contributed by atoms with E-state index in [2.05, 4.69) is 53.2 Å². The third-order valence-corrected chi connectivity index (χ3v) is 17.6. The van der Waals surface area contributed by atoms with Gasteiger partial charge in [-0.15, -0.1) is 0 Å². The molecule has 0 radical (unpaired) electrons. The van der Waals surface area contributed by atoms with Crippen LogP contribution in [-0.4, -0.2) is 329 Å². The van der Waals surface area contributed by atoms with Gasteiger partial charge in [-0.3, -0.25) is 135 Å². The first-order valence-electron chi connectivity index (χ1n) is 40.2. The average molecular weight is 2020 g/mol. The van der Waals surface area contributed by atoms with E-state index in [0.717, 1.165) is 52.7 Å². The summed E-state index contributed by atoms with van der Waals surface area (Å²) in [5, 5.41) is 135. The van der Waals surface area contributed by atoms with Crippen LogP contribution in [0.25, 0.3) is 0 Å². The normalized spacial score (nSPS) is 13.1. The summed E-state index contributed by atoms with van der Waals surface area (Å²) in [5.41, 5.74) is 1.10. The molecule has 0 saturated carbocycles. The van der Waals surface area contributed by atoms with Crippen LogP contribution in [0, 0.1) is 17.8 Å². The lowest BCUT2D eigenvalue weighted by Gasteiger charge is -2.27. The van der Waals surface area contributed by atoms with E-state index in [4.69, 9.17) is 61.3 Å². The van der Waals surface area contributed by atoms with Gasteiger partial charge in [-0.05, 0) is 49.0 Å². The first-order valence-corrected chi connectivity index (χ1v) is 43.9. The molecule has 0 fully saturated rings. The summed E-state index contributed by atoms with van der Waals surface area (Å²) in [6.07, 6.45) is -5.72. The Hall–Kier alpha value is -15.5. The Balaban J connectivity index is -0.000000554. The quantitative estimate of drug-likeness (QED) is 0.0288. The number of benzene rings is 1. The van der Waals surface area contributed by atoms with Crippen molar-refractivity contribution in [2.24, 2.45) is 17.8 Å². The summed E-state index contributed by atoms with van der Waals surface area (Å²) in [7, 11) is -6.65. The lowest BCUT2D eigenvalue weighted by Crippen LogP contribution is -2.59. The van der Waals surface area contributed by atoms with Crippen LogP contribution in [0.1, 0.15) is 172 Å². The molecule has 0 bridgehead atoms. The van der Waals surface area contributed by atoms with E-state index in [1.54, 1.807) is 9.44 Å². The molecule has 27 N–H and O–H groups in total. The smallest absolute Gasteiger partial charge is 0.326 e. The number of aliphatic carboxylic acids is 12. The third-order valence-electron chi connectivity index (χ3n) is 16.2. The number of amides is 16. The molecule has 0 aliphatic heterocycles. The zero-order chi connectivity index (χ0) is 108. The van der Waals surface area contributed by atoms with E-state index in [-0.39, 0.29) is 11.8 Å². The molecule has 1 rings (SSSR count). The lowest BCUT2D eigenvalue weighted by molar-refractivity contribution is -0.147. The van der Waals surface area contributed by atoms with Gasteiger partial charge in [0, 0.05) is 67.2 Å². The minimum Gasteiger partial charge on any atom is -0.481 e. The number of carbonyl (C=O) groups excluding carboxylic acids is 16. The molecular weight excluding hydrogens is 1900 g/mol. The number of aryl methyl sites for hydroxylation is 1. The van der Waals surface area contributed by atoms with Crippen molar-refractivity contribution in [2.75, 3.05) is 12.5 Å². The highest BCUT2D eigenvalue weighted by Crippen LogP contribution is 2.13. The Morgan fingerprint density at radius 3 is 0.630 bits per heavy atom. The van der Waals surface area contributed by atoms with Gasteiger partial charge in [0.25, 0.3) is 0 Å². The van der Waals surface area contributed by atoms with Gasteiger partial charge in [-0.1, -0.05) is 71.9 Å². The van der Waals surface area contributed by atoms with Gasteiger partial charge >= 0.3 is 71.6 Å². The molecule has 138 heavy (non-hydrogen) atoms. The summed E-state index contributed by atoms with van der Waals surface area (Å²) in [4.78, 5) is 322. The van der Waals surface area contributed by atoms with E-state index < -0.39 is 342 Å². The highest BCUT2D eigenvalue weighted by atomic mass is 32.2. The maximum Gasteiger partial charge on any atom is 0.326 e.